The Morgan fingerprint density at radius 1 is 1.00 bits per heavy atom. The van der Waals surface area contributed by atoms with Crippen LogP contribution in [0.1, 0.15) is 24.4 Å². The number of hydrogen-bond acceptors (Lipinski definition) is 3. The van der Waals surface area contributed by atoms with Crippen LogP contribution in [0.5, 0.6) is 5.88 Å². The zero-order valence-corrected chi connectivity index (χ0v) is 16.3. The average molecular weight is 387 g/mol. The van der Waals surface area contributed by atoms with Crippen molar-refractivity contribution in [1.82, 2.24) is 14.5 Å². The lowest BCUT2D eigenvalue weighted by Crippen LogP contribution is -2.38. The molecule has 4 aromatic rings. The first-order valence-corrected chi connectivity index (χ1v) is 10.3. The number of nitrogens with zero attached hydrogens (tertiary/aromatic N) is 2. The molecular formula is C24H25N3O2. The number of para-hydroxylation sites is 1. The molecule has 1 saturated heterocycles. The van der Waals surface area contributed by atoms with Gasteiger partial charge in [-0.2, -0.15) is 0 Å². The van der Waals surface area contributed by atoms with Gasteiger partial charge in [-0.15, -0.1) is 0 Å². The Hall–Kier alpha value is -3.05. The Balaban J connectivity index is 1.27. The maximum absolute atomic E-state index is 12.6. The van der Waals surface area contributed by atoms with Gasteiger partial charge in [0.1, 0.15) is 0 Å². The zero-order valence-electron chi connectivity index (χ0n) is 16.3. The molecule has 0 amide bonds. The number of aromatic nitrogens is 2. The summed E-state index contributed by atoms with van der Waals surface area (Å²) in [6, 6.07) is 17.6. The van der Waals surface area contributed by atoms with Crippen molar-refractivity contribution in [3.05, 3.63) is 76.7 Å². The largest absolute Gasteiger partial charge is 0.494 e. The predicted octanol–water partition coefficient (Wildman–Crippen LogP) is 4.07. The maximum Gasteiger partial charge on any atom is 0.254 e. The van der Waals surface area contributed by atoms with E-state index in [0.717, 1.165) is 49.7 Å². The van der Waals surface area contributed by atoms with Gasteiger partial charge in [0, 0.05) is 54.2 Å². The van der Waals surface area contributed by atoms with Gasteiger partial charge in [-0.1, -0.05) is 36.4 Å². The molecule has 3 heterocycles. The van der Waals surface area contributed by atoms with Crippen LogP contribution in [-0.4, -0.2) is 39.2 Å². The van der Waals surface area contributed by atoms with Crippen LogP contribution in [0.25, 0.3) is 21.7 Å². The van der Waals surface area contributed by atoms with Crippen molar-refractivity contribution < 1.29 is 5.11 Å². The molecular weight excluding hydrogens is 362 g/mol. The second-order valence-electron chi connectivity index (χ2n) is 7.95. The predicted molar refractivity (Wildman–Crippen MR) is 117 cm³/mol. The minimum Gasteiger partial charge on any atom is -0.494 e. The summed E-state index contributed by atoms with van der Waals surface area (Å²) in [7, 11) is 0. The van der Waals surface area contributed by atoms with Crippen molar-refractivity contribution in [3.63, 3.8) is 0 Å². The van der Waals surface area contributed by atoms with Gasteiger partial charge in [-0.05, 0) is 42.3 Å². The Bertz CT molecular complexity index is 1220. The van der Waals surface area contributed by atoms with Crippen LogP contribution < -0.4 is 5.56 Å². The summed E-state index contributed by atoms with van der Waals surface area (Å²) in [5.74, 6) is 0.102. The number of H-pyrrole nitrogens is 1. The first-order chi connectivity index (χ1) is 14.2. The molecule has 2 N–H and O–H groups in total. The van der Waals surface area contributed by atoms with Crippen LogP contribution in [0.2, 0.25) is 0 Å². The number of hydrogen-bond donors (Lipinski definition) is 2. The lowest BCUT2D eigenvalue weighted by atomic mass is 10.0. The highest BCUT2D eigenvalue weighted by Gasteiger charge is 2.24. The summed E-state index contributed by atoms with van der Waals surface area (Å²) >= 11 is 0. The van der Waals surface area contributed by atoms with Gasteiger partial charge in [-0.25, -0.2) is 0 Å². The fourth-order valence-corrected chi connectivity index (χ4v) is 4.63. The average Bonchev–Trinajstić information content (AvgIpc) is 3.16. The number of likely N-dealkylation sites (tertiary alicyclic amines) is 1. The number of piperidine rings is 1. The second kappa shape index (κ2) is 7.41. The van der Waals surface area contributed by atoms with E-state index < -0.39 is 0 Å². The number of rotatable bonds is 4. The minimum atomic E-state index is -0.113. The van der Waals surface area contributed by atoms with E-state index in [4.69, 9.17) is 0 Å². The van der Waals surface area contributed by atoms with Crippen LogP contribution in [0.15, 0.2) is 65.6 Å². The summed E-state index contributed by atoms with van der Waals surface area (Å²) in [6.45, 7) is 2.88. The van der Waals surface area contributed by atoms with Crippen LogP contribution in [0.4, 0.5) is 0 Å². The van der Waals surface area contributed by atoms with Crippen molar-refractivity contribution in [1.29, 1.82) is 0 Å². The van der Waals surface area contributed by atoms with Crippen molar-refractivity contribution in [2.75, 3.05) is 19.6 Å². The molecule has 1 aliphatic heterocycles. The molecule has 29 heavy (non-hydrogen) atoms. The molecule has 0 radical (unpaired) electrons. The van der Waals surface area contributed by atoms with Crippen molar-refractivity contribution >= 4 is 21.7 Å². The van der Waals surface area contributed by atoms with E-state index in [9.17, 15) is 9.90 Å². The first-order valence-electron chi connectivity index (χ1n) is 10.3. The number of aromatic amines is 1. The summed E-state index contributed by atoms with van der Waals surface area (Å²) < 4.78 is 1.60. The van der Waals surface area contributed by atoms with Gasteiger partial charge in [0.05, 0.1) is 0 Å². The van der Waals surface area contributed by atoms with E-state index in [1.54, 1.807) is 10.6 Å². The van der Waals surface area contributed by atoms with Gasteiger partial charge in [0.25, 0.3) is 5.56 Å². The fourth-order valence-electron chi connectivity index (χ4n) is 4.63. The number of benzene rings is 2. The fraction of sp³-hybridized carbons (Fsp3) is 0.292. The molecule has 0 saturated carbocycles. The monoisotopic (exact) mass is 387 g/mol. The van der Waals surface area contributed by atoms with Crippen molar-refractivity contribution in [2.45, 2.75) is 25.3 Å². The zero-order chi connectivity index (χ0) is 19.8. The molecule has 0 spiro atoms. The van der Waals surface area contributed by atoms with E-state index in [0.29, 0.717) is 0 Å². The molecule has 2 aromatic heterocycles. The van der Waals surface area contributed by atoms with Crippen LogP contribution in [-0.2, 0) is 6.42 Å². The minimum absolute atomic E-state index is 0.0523. The molecule has 0 bridgehead atoms. The SMILES string of the molecule is O=c1cc2ccccc2c(O)n1C1CCN(CCc2c[nH]c3ccccc23)CC1. The van der Waals surface area contributed by atoms with E-state index >= 15 is 0 Å². The molecule has 0 atom stereocenters. The third-order valence-corrected chi connectivity index (χ3v) is 6.24. The molecule has 2 aromatic carbocycles. The van der Waals surface area contributed by atoms with E-state index in [2.05, 4.69) is 40.3 Å². The van der Waals surface area contributed by atoms with Gasteiger partial charge in [0.2, 0.25) is 5.88 Å². The number of fused-ring (bicyclic) bond motifs is 2. The van der Waals surface area contributed by atoms with Gasteiger partial charge < -0.3 is 15.0 Å². The van der Waals surface area contributed by atoms with Crippen molar-refractivity contribution in [2.24, 2.45) is 0 Å². The molecule has 1 fully saturated rings. The summed E-state index contributed by atoms with van der Waals surface area (Å²) in [6.07, 6.45) is 4.87. The molecule has 0 unspecified atom stereocenters. The molecule has 0 aliphatic carbocycles. The van der Waals surface area contributed by atoms with Crippen LogP contribution >= 0.6 is 0 Å². The highest BCUT2D eigenvalue weighted by Crippen LogP contribution is 2.30. The van der Waals surface area contributed by atoms with Gasteiger partial charge >= 0.3 is 0 Å². The maximum atomic E-state index is 12.6. The number of nitrogens with one attached hydrogen (secondary N) is 1. The smallest absolute Gasteiger partial charge is 0.254 e. The number of pyridine rings is 1. The summed E-state index contributed by atoms with van der Waals surface area (Å²) in [4.78, 5) is 18.4. The quantitative estimate of drug-likeness (QED) is 0.555. The Kier molecular flexibility index (Phi) is 4.60. The molecule has 5 heteroatoms. The molecule has 1 aliphatic rings. The Morgan fingerprint density at radius 3 is 2.55 bits per heavy atom. The highest BCUT2D eigenvalue weighted by atomic mass is 16.3. The third-order valence-electron chi connectivity index (χ3n) is 6.24. The molecule has 5 nitrogen and oxygen atoms in total. The normalized spacial score (nSPS) is 16.0. The highest BCUT2D eigenvalue weighted by molar-refractivity contribution is 5.86. The summed E-state index contributed by atoms with van der Waals surface area (Å²) in [5, 5.41) is 13.6. The van der Waals surface area contributed by atoms with Crippen LogP contribution in [0, 0.1) is 0 Å². The Morgan fingerprint density at radius 2 is 1.72 bits per heavy atom. The lowest BCUT2D eigenvalue weighted by Gasteiger charge is -2.33. The van der Waals surface area contributed by atoms with Crippen LogP contribution in [0.3, 0.4) is 0 Å². The van der Waals surface area contributed by atoms with E-state index in [-0.39, 0.29) is 17.5 Å². The molecule has 148 valence electrons. The first kappa shape index (κ1) is 18.0. The van der Waals surface area contributed by atoms with E-state index in [1.165, 1.54) is 16.5 Å². The second-order valence-corrected chi connectivity index (χ2v) is 7.95. The number of aromatic hydroxyl groups is 1. The van der Waals surface area contributed by atoms with E-state index in [1.807, 2.05) is 24.3 Å². The van der Waals surface area contributed by atoms with Crippen molar-refractivity contribution in [3.8, 4) is 5.88 Å². The molecule has 5 rings (SSSR count). The summed E-state index contributed by atoms with van der Waals surface area (Å²) in [5.41, 5.74) is 2.43. The Labute approximate surface area is 169 Å². The lowest BCUT2D eigenvalue weighted by molar-refractivity contribution is 0.180. The topological polar surface area (TPSA) is 61.3 Å². The third kappa shape index (κ3) is 3.32. The van der Waals surface area contributed by atoms with Gasteiger partial charge in [0.15, 0.2) is 0 Å². The van der Waals surface area contributed by atoms with Gasteiger partial charge in [-0.3, -0.25) is 9.36 Å². The standard InChI is InChI=1S/C24H25N3O2/c28-23-15-17-5-1-2-7-21(17)24(29)27(23)19-10-13-26(14-11-19)12-9-18-16-25-22-8-4-3-6-20(18)22/h1-8,15-16,19,25,29H,9-14H2.